The highest BCUT2D eigenvalue weighted by Gasteiger charge is 2.28. The molecule has 132 valence electrons. The lowest BCUT2D eigenvalue weighted by molar-refractivity contribution is 0.0937. The Morgan fingerprint density at radius 1 is 1.25 bits per heavy atom. The number of rotatable bonds is 8. The highest BCUT2D eigenvalue weighted by molar-refractivity contribution is 7.93. The summed E-state index contributed by atoms with van der Waals surface area (Å²) in [5.74, 6) is 0.809. The van der Waals surface area contributed by atoms with Gasteiger partial charge in [-0.15, -0.1) is 0 Å². The average molecular weight is 352 g/mol. The molecule has 1 aliphatic carbocycles. The topological polar surface area (TPSA) is 75.7 Å². The number of carbonyl (C=O) groups is 1. The van der Waals surface area contributed by atoms with Crippen LogP contribution in [0.25, 0.3) is 0 Å². The van der Waals surface area contributed by atoms with Crippen LogP contribution in [-0.4, -0.2) is 46.4 Å². The number of anilines is 1. The van der Waals surface area contributed by atoms with Crippen molar-refractivity contribution in [3.63, 3.8) is 0 Å². The number of ether oxygens (including phenoxy) is 1. The van der Waals surface area contributed by atoms with Gasteiger partial charge in [0.1, 0.15) is 0 Å². The maximum Gasteiger partial charge on any atom is 0.251 e. The number of hydrogen-bond acceptors (Lipinski definition) is 4. The first kappa shape index (κ1) is 17.2. The Morgan fingerprint density at radius 2 is 2.00 bits per heavy atom. The van der Waals surface area contributed by atoms with Gasteiger partial charge in [-0.3, -0.25) is 9.10 Å². The molecule has 2 fully saturated rings. The summed E-state index contributed by atoms with van der Waals surface area (Å²) in [6, 6.07) is 6.72. The Bertz CT molecular complexity index is 668. The summed E-state index contributed by atoms with van der Waals surface area (Å²) in [4.78, 5) is 12.1. The minimum Gasteiger partial charge on any atom is -0.381 e. The number of sulfonamides is 1. The third-order valence-corrected chi connectivity index (χ3v) is 6.19. The molecule has 0 spiro atoms. The first-order valence-corrected chi connectivity index (χ1v) is 10.1. The molecule has 0 aromatic heterocycles. The Kier molecular flexibility index (Phi) is 5.40. The molecule has 1 aromatic rings. The van der Waals surface area contributed by atoms with Gasteiger partial charge >= 0.3 is 0 Å². The van der Waals surface area contributed by atoms with Crippen LogP contribution in [-0.2, 0) is 14.8 Å². The van der Waals surface area contributed by atoms with Crippen molar-refractivity contribution in [3.05, 3.63) is 29.8 Å². The van der Waals surface area contributed by atoms with E-state index in [1.807, 2.05) is 0 Å². The Labute approximate surface area is 143 Å². The molecule has 3 rings (SSSR count). The van der Waals surface area contributed by atoms with E-state index in [1.54, 1.807) is 24.3 Å². The Morgan fingerprint density at radius 3 is 2.62 bits per heavy atom. The lowest BCUT2D eigenvalue weighted by Gasteiger charge is -2.17. The van der Waals surface area contributed by atoms with Crippen LogP contribution in [0.1, 0.15) is 36.0 Å². The summed E-state index contributed by atoms with van der Waals surface area (Å²) in [6.45, 7) is 2.60. The SMILES string of the molecule is O=C(NCCCOCC1CC1)c1ccc(N2CCCS2(=O)=O)cc1. The van der Waals surface area contributed by atoms with Crippen molar-refractivity contribution in [1.29, 1.82) is 0 Å². The third kappa shape index (κ3) is 4.48. The molecular formula is C17H24N2O4S. The second-order valence-electron chi connectivity index (χ2n) is 6.42. The predicted octanol–water partition coefficient (Wildman–Crippen LogP) is 1.77. The van der Waals surface area contributed by atoms with Gasteiger partial charge < -0.3 is 10.1 Å². The minimum atomic E-state index is -3.18. The molecule has 1 saturated carbocycles. The van der Waals surface area contributed by atoms with Crippen LogP contribution in [0.15, 0.2) is 24.3 Å². The molecule has 7 heteroatoms. The van der Waals surface area contributed by atoms with E-state index in [2.05, 4.69) is 5.32 Å². The van der Waals surface area contributed by atoms with E-state index >= 15 is 0 Å². The fraction of sp³-hybridized carbons (Fsp3) is 0.588. The molecule has 24 heavy (non-hydrogen) atoms. The second kappa shape index (κ2) is 7.53. The quantitative estimate of drug-likeness (QED) is 0.724. The average Bonchev–Trinajstić information content (AvgIpc) is 3.32. The van der Waals surface area contributed by atoms with Crippen molar-refractivity contribution < 1.29 is 17.9 Å². The Balaban J connectivity index is 1.43. The van der Waals surface area contributed by atoms with Crippen molar-refractivity contribution in [3.8, 4) is 0 Å². The van der Waals surface area contributed by atoms with E-state index in [-0.39, 0.29) is 11.7 Å². The fourth-order valence-corrected chi connectivity index (χ4v) is 4.29. The summed E-state index contributed by atoms with van der Waals surface area (Å²) in [5, 5.41) is 2.86. The van der Waals surface area contributed by atoms with E-state index in [4.69, 9.17) is 4.74 Å². The van der Waals surface area contributed by atoms with Crippen molar-refractivity contribution in [1.82, 2.24) is 5.32 Å². The summed E-state index contributed by atoms with van der Waals surface area (Å²) in [7, 11) is -3.18. The van der Waals surface area contributed by atoms with E-state index in [0.29, 0.717) is 37.4 Å². The van der Waals surface area contributed by atoms with E-state index < -0.39 is 10.0 Å². The molecular weight excluding hydrogens is 328 g/mol. The van der Waals surface area contributed by atoms with Gasteiger partial charge in [-0.25, -0.2) is 8.42 Å². The van der Waals surface area contributed by atoms with E-state index in [0.717, 1.165) is 18.9 Å². The fourth-order valence-electron chi connectivity index (χ4n) is 2.72. The molecule has 0 radical (unpaired) electrons. The number of hydrogen-bond donors (Lipinski definition) is 1. The monoisotopic (exact) mass is 352 g/mol. The maximum absolute atomic E-state index is 12.1. The molecule has 0 atom stereocenters. The summed E-state index contributed by atoms with van der Waals surface area (Å²) in [6.07, 6.45) is 4.01. The standard InChI is InChI=1S/C17H24N2O4S/c20-17(18-9-1-11-23-13-14-3-4-14)15-5-7-16(8-6-15)19-10-2-12-24(19,21)22/h5-8,14H,1-4,9-13H2,(H,18,20). The summed E-state index contributed by atoms with van der Waals surface area (Å²) >= 11 is 0. The minimum absolute atomic E-state index is 0.145. The number of nitrogens with zero attached hydrogens (tertiary/aromatic N) is 1. The van der Waals surface area contributed by atoms with Gasteiger partial charge in [0.25, 0.3) is 5.91 Å². The molecule has 1 aliphatic heterocycles. The van der Waals surface area contributed by atoms with Crippen LogP contribution in [0.3, 0.4) is 0 Å². The van der Waals surface area contributed by atoms with Gasteiger partial charge in [0, 0.05) is 31.9 Å². The lowest BCUT2D eigenvalue weighted by atomic mass is 10.2. The lowest BCUT2D eigenvalue weighted by Crippen LogP contribution is -2.26. The van der Waals surface area contributed by atoms with Crippen LogP contribution in [0.4, 0.5) is 5.69 Å². The van der Waals surface area contributed by atoms with Gasteiger partial charge in [0.2, 0.25) is 10.0 Å². The zero-order valence-electron chi connectivity index (χ0n) is 13.7. The zero-order chi connectivity index (χ0) is 17.0. The number of carbonyl (C=O) groups excluding carboxylic acids is 1. The largest absolute Gasteiger partial charge is 0.381 e. The van der Waals surface area contributed by atoms with Crippen LogP contribution in [0.5, 0.6) is 0 Å². The summed E-state index contributed by atoms with van der Waals surface area (Å²) in [5.41, 5.74) is 1.16. The molecule has 2 aliphatic rings. The molecule has 1 amide bonds. The van der Waals surface area contributed by atoms with E-state index in [9.17, 15) is 13.2 Å². The predicted molar refractivity (Wildman–Crippen MR) is 92.7 cm³/mol. The highest BCUT2D eigenvalue weighted by Crippen LogP contribution is 2.28. The first-order chi connectivity index (χ1) is 11.6. The Hall–Kier alpha value is -1.60. The normalized spacial score (nSPS) is 19.4. The molecule has 0 unspecified atom stereocenters. The van der Waals surface area contributed by atoms with E-state index in [1.165, 1.54) is 17.1 Å². The number of benzene rings is 1. The van der Waals surface area contributed by atoms with Crippen molar-refractivity contribution in [2.24, 2.45) is 5.92 Å². The van der Waals surface area contributed by atoms with Gasteiger partial charge in [-0.05, 0) is 55.9 Å². The van der Waals surface area contributed by atoms with Gasteiger partial charge in [0.05, 0.1) is 11.4 Å². The molecule has 1 aromatic carbocycles. The number of nitrogens with one attached hydrogen (secondary N) is 1. The highest BCUT2D eigenvalue weighted by atomic mass is 32.2. The van der Waals surface area contributed by atoms with Crippen LogP contribution >= 0.6 is 0 Å². The molecule has 0 bridgehead atoms. The van der Waals surface area contributed by atoms with Crippen molar-refractivity contribution >= 4 is 21.6 Å². The maximum atomic E-state index is 12.1. The third-order valence-electron chi connectivity index (χ3n) is 4.32. The summed E-state index contributed by atoms with van der Waals surface area (Å²) < 4.78 is 30.7. The van der Waals surface area contributed by atoms with Crippen LogP contribution in [0, 0.1) is 5.92 Å². The molecule has 1 N–H and O–H groups in total. The first-order valence-electron chi connectivity index (χ1n) is 8.53. The van der Waals surface area contributed by atoms with Crippen molar-refractivity contribution in [2.45, 2.75) is 25.7 Å². The zero-order valence-corrected chi connectivity index (χ0v) is 14.6. The van der Waals surface area contributed by atoms with Crippen LogP contribution < -0.4 is 9.62 Å². The van der Waals surface area contributed by atoms with Crippen LogP contribution in [0.2, 0.25) is 0 Å². The second-order valence-corrected chi connectivity index (χ2v) is 8.43. The van der Waals surface area contributed by atoms with Gasteiger partial charge in [-0.2, -0.15) is 0 Å². The molecule has 1 saturated heterocycles. The van der Waals surface area contributed by atoms with Gasteiger partial charge in [-0.1, -0.05) is 0 Å². The number of amides is 1. The van der Waals surface area contributed by atoms with Crippen molar-refractivity contribution in [2.75, 3.05) is 36.4 Å². The van der Waals surface area contributed by atoms with Gasteiger partial charge in [0.15, 0.2) is 0 Å². The molecule has 6 nitrogen and oxygen atoms in total. The smallest absolute Gasteiger partial charge is 0.251 e. The molecule has 1 heterocycles.